The highest BCUT2D eigenvalue weighted by atomic mass is 127. The molecule has 6 nitrogen and oxygen atoms in total. The van der Waals surface area contributed by atoms with Crippen molar-refractivity contribution in [1.82, 2.24) is 9.55 Å². The fourth-order valence-corrected chi connectivity index (χ4v) is 5.43. The second kappa shape index (κ2) is 12.3. The van der Waals surface area contributed by atoms with Gasteiger partial charge in [-0.1, -0.05) is 60.7 Å². The van der Waals surface area contributed by atoms with Gasteiger partial charge in [0.15, 0.2) is 5.78 Å². The molecule has 0 amide bonds. The summed E-state index contributed by atoms with van der Waals surface area (Å²) >= 11 is 1.87. The fourth-order valence-electron chi connectivity index (χ4n) is 5.05. The lowest BCUT2D eigenvalue weighted by molar-refractivity contribution is -0.278. The zero-order valence-corrected chi connectivity index (χ0v) is 23.6. The van der Waals surface area contributed by atoms with Crippen molar-refractivity contribution < 1.29 is 31.5 Å². The van der Waals surface area contributed by atoms with Gasteiger partial charge >= 0.3 is 6.18 Å². The van der Waals surface area contributed by atoms with Crippen LogP contribution in [0, 0.1) is 5.92 Å². The van der Waals surface area contributed by atoms with E-state index in [1.165, 1.54) is 0 Å². The third-order valence-corrected chi connectivity index (χ3v) is 7.37. The molecule has 214 valence electrons. The summed E-state index contributed by atoms with van der Waals surface area (Å²) in [6, 6.07) is 18.4. The van der Waals surface area contributed by atoms with Crippen molar-refractivity contribution >= 4 is 34.6 Å². The first kappa shape index (κ1) is 30.1. The van der Waals surface area contributed by atoms with Crippen LogP contribution in [-0.2, 0) is 22.4 Å². The van der Waals surface area contributed by atoms with Crippen LogP contribution in [0.5, 0.6) is 0 Å². The van der Waals surface area contributed by atoms with Gasteiger partial charge in [-0.3, -0.25) is 17.7 Å². The van der Waals surface area contributed by atoms with E-state index >= 15 is 0 Å². The number of ether oxygens (including phenoxy) is 1. The number of anilines is 1. The van der Waals surface area contributed by atoms with Crippen LogP contribution in [0.1, 0.15) is 48.2 Å². The lowest BCUT2D eigenvalue weighted by Crippen LogP contribution is -2.46. The summed E-state index contributed by atoms with van der Waals surface area (Å²) in [7, 11) is 0. The molecule has 2 unspecified atom stereocenters. The summed E-state index contributed by atoms with van der Waals surface area (Å²) in [6.07, 6.45) is -7.79. The van der Waals surface area contributed by atoms with E-state index in [-0.39, 0.29) is 31.3 Å². The van der Waals surface area contributed by atoms with Gasteiger partial charge in [0.2, 0.25) is 12.1 Å². The molecule has 1 aromatic heterocycles. The number of carbonyl (C=O) groups excluding carboxylic acids is 1. The average molecular weight is 675 g/mol. The van der Waals surface area contributed by atoms with Crippen LogP contribution >= 0.6 is 22.9 Å². The number of nitrogens with one attached hydrogen (secondary N) is 1. The van der Waals surface area contributed by atoms with E-state index < -0.39 is 42.6 Å². The largest absolute Gasteiger partial charge is 0.420 e. The van der Waals surface area contributed by atoms with Crippen molar-refractivity contribution in [3.8, 4) is 0 Å². The Bertz CT molecular complexity index is 1320. The highest BCUT2D eigenvalue weighted by molar-refractivity contribution is 14.1. The Kier molecular flexibility index (Phi) is 9.28. The predicted octanol–water partition coefficient (Wildman–Crippen LogP) is 6.31. The molecule has 0 fully saturated rings. The van der Waals surface area contributed by atoms with Crippen molar-refractivity contribution in [2.75, 3.05) is 10.1 Å². The van der Waals surface area contributed by atoms with Gasteiger partial charge in [0.25, 0.3) is 11.5 Å². The molecule has 0 saturated carbocycles. The van der Waals surface area contributed by atoms with Crippen molar-refractivity contribution in [1.29, 1.82) is 0 Å². The van der Waals surface area contributed by atoms with Crippen LogP contribution in [0.15, 0.2) is 65.5 Å². The van der Waals surface area contributed by atoms with Crippen LogP contribution in [0.3, 0.4) is 0 Å². The summed E-state index contributed by atoms with van der Waals surface area (Å²) in [5, 5.41) is 0. The Labute approximate surface area is 241 Å². The topological polar surface area (TPSA) is 73.2 Å². The predicted molar refractivity (Wildman–Crippen MR) is 148 cm³/mol. The van der Waals surface area contributed by atoms with Gasteiger partial charge < -0.3 is 4.74 Å². The van der Waals surface area contributed by atoms with E-state index in [1.807, 2.05) is 83.5 Å². The molecule has 40 heavy (non-hydrogen) atoms. The molecule has 2 aromatic carbocycles. The molecule has 0 spiro atoms. The molecule has 0 bridgehead atoms. The number of carbonyl (C=O) groups is 1. The number of alkyl halides is 5. The SMILES string of the molecule is CC(F)(F)C(OCC(=O)C1CCCc2c(nc(NI)n(C(c3ccccc3)c3ccccc3)c2=O)C1)C(F)(F)F. The van der Waals surface area contributed by atoms with E-state index in [9.17, 15) is 31.5 Å². The zero-order valence-electron chi connectivity index (χ0n) is 21.4. The van der Waals surface area contributed by atoms with Gasteiger partial charge in [0, 0.05) is 24.8 Å². The minimum absolute atomic E-state index is 0.0144. The number of halogens is 6. The number of aromatic nitrogens is 2. The van der Waals surface area contributed by atoms with Crippen molar-refractivity contribution in [3.63, 3.8) is 0 Å². The molecule has 1 heterocycles. The van der Waals surface area contributed by atoms with E-state index in [0.29, 0.717) is 24.1 Å². The zero-order chi connectivity index (χ0) is 29.1. The molecule has 1 aliphatic carbocycles. The standard InChI is InChI=1S/C28H27F5IN3O3/c1-27(29,30)25(28(31,32)33)40-16-22(38)19-13-8-14-20-21(15-19)35-26(36-34)37(24(20)39)23(17-9-4-2-5-10-17)18-11-6-3-7-12-18/h2-7,9-12,19,23,25H,8,13-16H2,1H3,(H,35,36). The summed E-state index contributed by atoms with van der Waals surface area (Å²) in [6.45, 7) is -1.02. The van der Waals surface area contributed by atoms with Gasteiger partial charge in [-0.2, -0.15) is 13.2 Å². The number of nitrogens with zero attached hydrogens (tertiary/aromatic N) is 2. The first-order chi connectivity index (χ1) is 18.9. The quantitative estimate of drug-likeness (QED) is 0.125. The molecule has 3 aromatic rings. The van der Waals surface area contributed by atoms with Crippen molar-refractivity contribution in [2.24, 2.45) is 5.92 Å². The molecule has 0 aliphatic heterocycles. The van der Waals surface area contributed by atoms with Gasteiger partial charge in [0.05, 0.1) is 34.6 Å². The van der Waals surface area contributed by atoms with E-state index in [4.69, 9.17) is 0 Å². The number of rotatable bonds is 9. The van der Waals surface area contributed by atoms with Crippen LogP contribution in [0.25, 0.3) is 0 Å². The molecule has 0 radical (unpaired) electrons. The van der Waals surface area contributed by atoms with Crippen molar-refractivity contribution in [2.45, 2.75) is 56.9 Å². The van der Waals surface area contributed by atoms with Crippen molar-refractivity contribution in [3.05, 3.63) is 93.4 Å². The number of ketones is 1. The average Bonchev–Trinajstić information content (AvgIpc) is 3.12. The Balaban J connectivity index is 1.68. The Morgan fingerprint density at radius 2 is 1.65 bits per heavy atom. The maximum Gasteiger partial charge on any atom is 0.420 e. The summed E-state index contributed by atoms with van der Waals surface area (Å²) in [5.74, 6) is -5.54. The smallest absolute Gasteiger partial charge is 0.355 e. The second-order valence-corrected chi connectivity index (χ2v) is 10.3. The van der Waals surface area contributed by atoms with Gasteiger partial charge in [-0.25, -0.2) is 13.8 Å². The maximum absolute atomic E-state index is 14.0. The normalized spacial score (nSPS) is 16.8. The molecule has 1 aliphatic rings. The van der Waals surface area contributed by atoms with Crippen LogP contribution in [0.4, 0.5) is 27.9 Å². The minimum Gasteiger partial charge on any atom is -0.355 e. The lowest BCUT2D eigenvalue weighted by atomic mass is 9.95. The fraction of sp³-hybridized carbons (Fsp3) is 0.393. The summed E-state index contributed by atoms with van der Waals surface area (Å²) in [5.41, 5.74) is 2.18. The Morgan fingerprint density at radius 1 is 1.07 bits per heavy atom. The number of fused-ring (bicyclic) bond motifs is 1. The maximum atomic E-state index is 14.0. The first-order valence-electron chi connectivity index (χ1n) is 12.6. The first-order valence-corrected chi connectivity index (χ1v) is 13.7. The molecular weight excluding hydrogens is 648 g/mol. The van der Waals surface area contributed by atoms with Crippen LogP contribution in [0.2, 0.25) is 0 Å². The number of hydrogen-bond donors (Lipinski definition) is 1. The van der Waals surface area contributed by atoms with Crippen LogP contribution in [-0.4, -0.2) is 40.1 Å². The Hall–Kier alpha value is -2.87. The molecular formula is C28H27F5IN3O3. The highest BCUT2D eigenvalue weighted by Crippen LogP contribution is 2.35. The third kappa shape index (κ3) is 6.70. The van der Waals surface area contributed by atoms with E-state index in [1.54, 1.807) is 4.57 Å². The summed E-state index contributed by atoms with van der Waals surface area (Å²) < 4.78 is 75.2. The molecule has 12 heteroatoms. The van der Waals surface area contributed by atoms with E-state index in [2.05, 4.69) is 13.3 Å². The molecule has 1 N–H and O–H groups in total. The molecule has 0 saturated heterocycles. The number of hydrogen-bond acceptors (Lipinski definition) is 5. The van der Waals surface area contributed by atoms with Gasteiger partial charge in [-0.15, -0.1) is 0 Å². The van der Waals surface area contributed by atoms with E-state index in [0.717, 1.165) is 11.1 Å². The highest BCUT2D eigenvalue weighted by Gasteiger charge is 2.54. The monoisotopic (exact) mass is 675 g/mol. The molecule has 2 atom stereocenters. The van der Waals surface area contributed by atoms with Gasteiger partial charge in [0.1, 0.15) is 6.61 Å². The van der Waals surface area contributed by atoms with Gasteiger partial charge in [-0.05, 0) is 30.4 Å². The number of benzene rings is 2. The second-order valence-electron chi connectivity index (χ2n) is 9.80. The minimum atomic E-state index is -5.34. The summed E-state index contributed by atoms with van der Waals surface area (Å²) in [4.78, 5) is 31.5. The third-order valence-electron chi connectivity index (χ3n) is 6.89. The lowest BCUT2D eigenvalue weighted by Gasteiger charge is -2.26. The Morgan fingerprint density at radius 3 is 2.15 bits per heavy atom. The van der Waals surface area contributed by atoms with Crippen LogP contribution < -0.4 is 9.09 Å². The number of Topliss-reactive ketones (excluding diaryl/α,β-unsaturated/α-hetero) is 1. The molecule has 4 rings (SSSR count).